The number of nitrogens with one attached hydrogen (secondary N) is 2. The van der Waals surface area contributed by atoms with Gasteiger partial charge in [-0.3, -0.25) is 9.89 Å². The summed E-state index contributed by atoms with van der Waals surface area (Å²) in [6.07, 6.45) is 6.87. The fourth-order valence-corrected chi connectivity index (χ4v) is 5.72. The number of ether oxygens (including phenoxy) is 1. The lowest BCUT2D eigenvalue weighted by atomic mass is 9.61. The zero-order valence-electron chi connectivity index (χ0n) is 18.5. The summed E-state index contributed by atoms with van der Waals surface area (Å²) < 4.78 is 20.9. The van der Waals surface area contributed by atoms with Crippen molar-refractivity contribution in [3.8, 4) is 11.5 Å². The second-order valence-corrected chi connectivity index (χ2v) is 9.23. The number of hydrogen-bond donors (Lipinski definition) is 3. The van der Waals surface area contributed by atoms with E-state index in [2.05, 4.69) is 25.6 Å². The van der Waals surface area contributed by atoms with Gasteiger partial charge in [-0.05, 0) is 55.2 Å². The van der Waals surface area contributed by atoms with E-state index in [1.54, 1.807) is 11.6 Å². The number of aromatic amines is 1. The first-order chi connectivity index (χ1) is 16.5. The van der Waals surface area contributed by atoms with Crippen molar-refractivity contribution >= 4 is 28.3 Å². The van der Waals surface area contributed by atoms with Gasteiger partial charge >= 0.3 is 5.97 Å². The predicted molar refractivity (Wildman–Crippen MR) is 121 cm³/mol. The molecule has 0 saturated heterocycles. The Hall–Kier alpha value is -3.60. The van der Waals surface area contributed by atoms with Crippen molar-refractivity contribution in [3.63, 3.8) is 0 Å². The Morgan fingerprint density at radius 1 is 1.29 bits per heavy atom. The van der Waals surface area contributed by atoms with Gasteiger partial charge in [0, 0.05) is 19.3 Å². The van der Waals surface area contributed by atoms with E-state index in [0.717, 1.165) is 37.4 Å². The summed E-state index contributed by atoms with van der Waals surface area (Å²) in [5.74, 6) is -0.491. The monoisotopic (exact) mass is 465 g/mol. The molecule has 3 aliphatic rings. The lowest BCUT2D eigenvalue weighted by Crippen LogP contribution is -2.51. The topological polar surface area (TPSA) is 130 Å². The number of carboxylic acids is 1. The maximum absolute atomic E-state index is 13.9. The van der Waals surface area contributed by atoms with E-state index in [9.17, 15) is 14.3 Å². The number of carbonyl (C=O) groups is 1. The molecule has 2 atom stereocenters. The zero-order valence-corrected chi connectivity index (χ0v) is 18.5. The number of carboxylic acid groups (broad SMARTS) is 1. The third-order valence-electron chi connectivity index (χ3n) is 7.23. The summed E-state index contributed by atoms with van der Waals surface area (Å²) in [6.45, 7) is 0.393. The van der Waals surface area contributed by atoms with Gasteiger partial charge in [-0.25, -0.2) is 18.9 Å². The fraction of sp³-hybridized carbons (Fsp3) is 0.435. The van der Waals surface area contributed by atoms with Gasteiger partial charge in [0.25, 0.3) is 0 Å². The van der Waals surface area contributed by atoms with Crippen LogP contribution in [0.5, 0.6) is 0 Å². The van der Waals surface area contributed by atoms with Gasteiger partial charge in [-0.2, -0.15) is 5.10 Å². The minimum Gasteiger partial charge on any atom is -0.481 e. The van der Waals surface area contributed by atoms with Crippen LogP contribution in [0.3, 0.4) is 0 Å². The van der Waals surface area contributed by atoms with Crippen molar-refractivity contribution in [3.05, 3.63) is 35.9 Å². The van der Waals surface area contributed by atoms with Crippen molar-refractivity contribution in [1.82, 2.24) is 29.8 Å². The second kappa shape index (κ2) is 8.01. The van der Waals surface area contributed by atoms with Crippen LogP contribution in [0, 0.1) is 23.6 Å². The summed E-state index contributed by atoms with van der Waals surface area (Å²) >= 11 is 0. The van der Waals surface area contributed by atoms with Crippen LogP contribution in [0.4, 0.5) is 10.2 Å². The van der Waals surface area contributed by atoms with Crippen LogP contribution in [0.25, 0.3) is 28.1 Å². The number of pyridine rings is 1. The number of methoxy groups -OCH3 is 1. The molecule has 0 aromatic carbocycles. The quantitative estimate of drug-likeness (QED) is 0.396. The zero-order chi connectivity index (χ0) is 23.4. The number of hydrogen-bond acceptors (Lipinski definition) is 7. The Morgan fingerprint density at radius 3 is 2.85 bits per heavy atom. The molecule has 4 aromatic heterocycles. The normalized spacial score (nSPS) is 24.2. The first kappa shape index (κ1) is 21.0. The minimum absolute atomic E-state index is 0.164. The molecule has 0 unspecified atom stereocenters. The molecule has 3 N–H and O–H groups in total. The average Bonchev–Trinajstić information content (AvgIpc) is 3.43. The van der Waals surface area contributed by atoms with Gasteiger partial charge in [0.05, 0.1) is 24.1 Å². The fourth-order valence-electron chi connectivity index (χ4n) is 5.72. The van der Waals surface area contributed by atoms with E-state index in [1.807, 2.05) is 12.3 Å². The van der Waals surface area contributed by atoms with Crippen molar-refractivity contribution in [2.75, 3.05) is 12.4 Å². The number of H-pyrrole nitrogens is 1. The molecule has 4 aromatic rings. The van der Waals surface area contributed by atoms with Crippen molar-refractivity contribution in [2.45, 2.75) is 38.3 Å². The van der Waals surface area contributed by atoms with Gasteiger partial charge in [-0.1, -0.05) is 0 Å². The summed E-state index contributed by atoms with van der Waals surface area (Å²) in [5, 5.41) is 25.6. The number of aliphatic carboxylic acids is 1. The Balaban J connectivity index is 1.48. The summed E-state index contributed by atoms with van der Waals surface area (Å²) in [4.78, 5) is 21.0. The Morgan fingerprint density at radius 2 is 2.09 bits per heavy atom. The highest BCUT2D eigenvalue weighted by molar-refractivity contribution is 5.89. The molecule has 0 aliphatic heterocycles. The predicted octanol–water partition coefficient (Wildman–Crippen LogP) is 3.25. The van der Waals surface area contributed by atoms with Gasteiger partial charge in [-0.15, -0.1) is 5.10 Å². The lowest BCUT2D eigenvalue weighted by Gasteiger charge is -2.47. The molecule has 2 bridgehead atoms. The molecular formula is C23H24FN7O3. The molecule has 3 saturated carbocycles. The number of halogens is 1. The Bertz CT molecular complexity index is 1390. The van der Waals surface area contributed by atoms with E-state index >= 15 is 0 Å². The van der Waals surface area contributed by atoms with Crippen molar-refractivity contribution in [2.24, 2.45) is 17.8 Å². The molecule has 10 nitrogen and oxygen atoms in total. The molecule has 11 heteroatoms. The second-order valence-electron chi connectivity index (χ2n) is 9.23. The molecule has 34 heavy (non-hydrogen) atoms. The molecule has 0 radical (unpaired) electrons. The molecular weight excluding hydrogens is 441 g/mol. The maximum Gasteiger partial charge on any atom is 0.308 e. The molecule has 7 rings (SSSR count). The molecule has 176 valence electrons. The highest BCUT2D eigenvalue weighted by Gasteiger charge is 2.47. The highest BCUT2D eigenvalue weighted by atomic mass is 19.1. The van der Waals surface area contributed by atoms with Gasteiger partial charge in [0.15, 0.2) is 11.5 Å². The SMILES string of the molecule is COCc1cc2c(N[C@H]3[C@H]4CC[C@H](CC4)[C@@H]3C(=O)O)nc(-c3n[nH]c4ncc(F)cc34)nn2c1. The molecule has 0 amide bonds. The molecule has 3 aliphatic carbocycles. The largest absolute Gasteiger partial charge is 0.481 e. The van der Waals surface area contributed by atoms with Crippen LogP contribution in [0.15, 0.2) is 24.5 Å². The smallest absolute Gasteiger partial charge is 0.308 e. The van der Waals surface area contributed by atoms with E-state index in [0.29, 0.717) is 34.7 Å². The van der Waals surface area contributed by atoms with Gasteiger partial charge < -0.3 is 15.2 Å². The number of nitrogens with zero attached hydrogens (tertiary/aromatic N) is 5. The summed E-state index contributed by atoms with van der Waals surface area (Å²) in [7, 11) is 1.62. The van der Waals surface area contributed by atoms with Crippen LogP contribution in [-0.2, 0) is 16.1 Å². The number of anilines is 1. The van der Waals surface area contributed by atoms with Crippen LogP contribution in [0.1, 0.15) is 31.2 Å². The van der Waals surface area contributed by atoms with E-state index in [4.69, 9.17) is 9.72 Å². The lowest BCUT2D eigenvalue weighted by molar-refractivity contribution is -0.148. The minimum atomic E-state index is -0.771. The maximum atomic E-state index is 13.9. The standard InChI is InChI=1S/C23H24FN7O3/c1-34-10-11-6-16-21(26-18-13-4-2-12(3-5-13)17(18)23(32)33)27-22(30-31(16)9-11)19-15-7-14(24)8-25-20(15)29-28-19/h6-9,12-13,17-18H,2-5,10H2,1H3,(H,32,33)(H,25,28,29)(H,26,27,30)/t12-,13+,17-,18-/m0/s1. The summed E-state index contributed by atoms with van der Waals surface area (Å²) in [6, 6.07) is 3.04. The number of aromatic nitrogens is 6. The van der Waals surface area contributed by atoms with E-state index in [1.165, 1.54) is 6.07 Å². The van der Waals surface area contributed by atoms with Crippen molar-refractivity contribution in [1.29, 1.82) is 0 Å². The number of fused-ring (bicyclic) bond motifs is 5. The van der Waals surface area contributed by atoms with Crippen molar-refractivity contribution < 1.29 is 19.0 Å². The third kappa shape index (κ3) is 3.38. The Kier molecular flexibility index (Phi) is 4.94. The van der Waals surface area contributed by atoms with Crippen LogP contribution < -0.4 is 5.32 Å². The molecule has 3 fully saturated rings. The van der Waals surface area contributed by atoms with Crippen LogP contribution >= 0.6 is 0 Å². The average molecular weight is 465 g/mol. The third-order valence-corrected chi connectivity index (χ3v) is 7.23. The van der Waals surface area contributed by atoms with Gasteiger partial charge in [0.1, 0.15) is 17.0 Å². The number of rotatable bonds is 6. The van der Waals surface area contributed by atoms with Gasteiger partial charge in [0.2, 0.25) is 5.82 Å². The molecule has 0 spiro atoms. The summed E-state index contributed by atoms with van der Waals surface area (Å²) in [5.41, 5.74) is 2.41. The van der Waals surface area contributed by atoms with Crippen LogP contribution in [0.2, 0.25) is 0 Å². The Labute approximate surface area is 193 Å². The van der Waals surface area contributed by atoms with Crippen LogP contribution in [-0.4, -0.2) is 54.0 Å². The molecule has 4 heterocycles. The highest BCUT2D eigenvalue weighted by Crippen LogP contribution is 2.46. The first-order valence-electron chi connectivity index (χ1n) is 11.4. The van der Waals surface area contributed by atoms with E-state index < -0.39 is 17.7 Å². The first-order valence-corrected chi connectivity index (χ1v) is 11.4. The van der Waals surface area contributed by atoms with E-state index in [-0.39, 0.29) is 23.7 Å².